The van der Waals surface area contributed by atoms with Crippen molar-refractivity contribution >= 4 is 91.6 Å². The summed E-state index contributed by atoms with van der Waals surface area (Å²) in [6.45, 7) is 1.29. The van der Waals surface area contributed by atoms with Gasteiger partial charge in [-0.3, -0.25) is 4.79 Å². The van der Waals surface area contributed by atoms with E-state index in [2.05, 4.69) is 50.5 Å². The minimum atomic E-state index is -1.64. The summed E-state index contributed by atoms with van der Waals surface area (Å²) in [6, 6.07) is 20.6. The number of ether oxygens (including phenoxy) is 4. The molecule has 0 bridgehead atoms. The molecule has 5 aromatic carbocycles. The summed E-state index contributed by atoms with van der Waals surface area (Å²) in [7, 11) is 0. The molecule has 15 heteroatoms. The zero-order valence-electron chi connectivity index (χ0n) is 27.1. The lowest BCUT2D eigenvalue weighted by molar-refractivity contribution is -0.139. The zero-order chi connectivity index (χ0) is 37.8. The Bertz CT molecular complexity index is 2380. The van der Waals surface area contributed by atoms with Crippen LogP contribution in [0.3, 0.4) is 0 Å². The summed E-state index contributed by atoms with van der Waals surface area (Å²) in [5, 5.41) is 32.7. The van der Waals surface area contributed by atoms with Crippen molar-refractivity contribution in [1.82, 2.24) is 5.32 Å². The minimum absolute atomic E-state index is 0.0446. The van der Waals surface area contributed by atoms with Gasteiger partial charge in [0, 0.05) is 42.2 Å². The summed E-state index contributed by atoms with van der Waals surface area (Å²) in [6.07, 6.45) is 0.0810. The first-order valence-electron chi connectivity index (χ1n) is 15.6. The number of esters is 2. The number of phenols is 2. The van der Waals surface area contributed by atoms with Crippen LogP contribution in [0.25, 0.3) is 0 Å². The maximum Gasteiger partial charge on any atom is 0.341 e. The fourth-order valence-electron chi connectivity index (χ4n) is 6.34. The van der Waals surface area contributed by atoms with Crippen LogP contribution < -0.4 is 19.5 Å². The van der Waals surface area contributed by atoms with E-state index in [-0.39, 0.29) is 51.9 Å². The molecule has 7 rings (SSSR count). The summed E-state index contributed by atoms with van der Waals surface area (Å²) in [5.74, 6) is -1.93. The van der Waals surface area contributed by atoms with Gasteiger partial charge in [0.2, 0.25) is 5.91 Å². The number of hydrogen-bond acceptors (Lipinski definition) is 10. The zero-order valence-corrected chi connectivity index (χ0v) is 33.6. The van der Waals surface area contributed by atoms with Gasteiger partial charge < -0.3 is 39.6 Å². The highest BCUT2D eigenvalue weighted by Gasteiger charge is 2.54. The fourth-order valence-corrected chi connectivity index (χ4v) is 8.94. The summed E-state index contributed by atoms with van der Waals surface area (Å²) in [4.78, 5) is 51.3. The van der Waals surface area contributed by atoms with Crippen molar-refractivity contribution in [3.63, 3.8) is 0 Å². The standard InChI is InChI=1S/C38H24I3NO11/c1-17(43)42-29(13-18-11-27(40)34(28(41)12-18)50-20-7-10-30(45)26(39)15-20)36(48)51-21-6-9-24-32(16-21)52-31-14-19(44)5-8-23(31)38(24)25-4-2-3-22(35(46)47)33(25)37(49)53-38/h2-12,14-16,29,44-45H,13H2,1H3,(H,42,43)(H,46,47)/t29-,38?/m0/s1. The molecule has 0 fully saturated rings. The van der Waals surface area contributed by atoms with Crippen LogP contribution in [0.5, 0.6) is 40.2 Å². The lowest BCUT2D eigenvalue weighted by atomic mass is 9.77. The van der Waals surface area contributed by atoms with Gasteiger partial charge in [-0.15, -0.1) is 0 Å². The largest absolute Gasteiger partial charge is 0.508 e. The molecular weight excluding hydrogens is 1030 g/mol. The molecule has 0 aromatic heterocycles. The molecule has 0 radical (unpaired) electrons. The number of carbonyl (C=O) groups is 4. The third-order valence-corrected chi connectivity index (χ3v) is 11.0. The van der Waals surface area contributed by atoms with Crippen molar-refractivity contribution in [2.24, 2.45) is 0 Å². The fraction of sp³-hybridized carbons (Fsp3) is 0.105. The molecule has 53 heavy (non-hydrogen) atoms. The highest BCUT2D eigenvalue weighted by Crippen LogP contribution is 2.57. The van der Waals surface area contributed by atoms with Crippen LogP contribution in [0.2, 0.25) is 0 Å². The Morgan fingerprint density at radius 1 is 0.830 bits per heavy atom. The average Bonchev–Trinajstić information content (AvgIpc) is 3.39. The minimum Gasteiger partial charge on any atom is -0.508 e. The molecule has 2 heterocycles. The second-order valence-electron chi connectivity index (χ2n) is 12.0. The van der Waals surface area contributed by atoms with E-state index in [0.717, 1.165) is 12.7 Å². The van der Waals surface area contributed by atoms with Crippen LogP contribution in [0.15, 0.2) is 84.9 Å². The predicted molar refractivity (Wildman–Crippen MR) is 213 cm³/mol. The van der Waals surface area contributed by atoms with Gasteiger partial charge in [-0.1, -0.05) is 12.1 Å². The Labute approximate surface area is 341 Å². The molecule has 2 atom stereocenters. The van der Waals surface area contributed by atoms with E-state index in [9.17, 15) is 34.5 Å². The number of hydrogen-bond donors (Lipinski definition) is 4. The van der Waals surface area contributed by atoms with Crippen LogP contribution in [-0.2, 0) is 26.3 Å². The molecule has 268 valence electrons. The number of amides is 1. The highest BCUT2D eigenvalue weighted by molar-refractivity contribution is 14.1. The summed E-state index contributed by atoms with van der Waals surface area (Å²) >= 11 is 6.27. The van der Waals surface area contributed by atoms with Crippen molar-refractivity contribution in [2.75, 3.05) is 0 Å². The molecule has 1 amide bonds. The Morgan fingerprint density at radius 3 is 2.19 bits per heavy atom. The van der Waals surface area contributed by atoms with Gasteiger partial charge in [0.05, 0.1) is 21.8 Å². The lowest BCUT2D eigenvalue weighted by Gasteiger charge is -2.36. The number of carboxylic acid groups (broad SMARTS) is 1. The Kier molecular flexibility index (Phi) is 9.91. The average molecular weight is 1050 g/mol. The van der Waals surface area contributed by atoms with Gasteiger partial charge in [0.1, 0.15) is 40.5 Å². The molecule has 2 aliphatic rings. The molecule has 4 N–H and O–H groups in total. The molecule has 1 unspecified atom stereocenters. The van der Waals surface area contributed by atoms with E-state index < -0.39 is 35.5 Å². The Morgan fingerprint density at radius 2 is 1.51 bits per heavy atom. The molecule has 5 aromatic rings. The third kappa shape index (κ3) is 6.84. The predicted octanol–water partition coefficient (Wildman–Crippen LogP) is 7.62. The molecule has 0 saturated heterocycles. The first kappa shape index (κ1) is 36.7. The molecule has 0 saturated carbocycles. The van der Waals surface area contributed by atoms with Gasteiger partial charge in [-0.2, -0.15) is 0 Å². The van der Waals surface area contributed by atoms with E-state index in [1.807, 2.05) is 34.7 Å². The number of carbonyl (C=O) groups excluding carboxylic acids is 3. The van der Waals surface area contributed by atoms with E-state index in [4.69, 9.17) is 18.9 Å². The number of carboxylic acids is 1. The van der Waals surface area contributed by atoms with Crippen molar-refractivity contribution in [3.8, 4) is 40.2 Å². The molecule has 0 aliphatic carbocycles. The second-order valence-corrected chi connectivity index (χ2v) is 15.5. The van der Waals surface area contributed by atoms with Crippen LogP contribution >= 0.6 is 67.8 Å². The van der Waals surface area contributed by atoms with E-state index in [1.54, 1.807) is 30.3 Å². The number of aromatic hydroxyl groups is 2. The van der Waals surface area contributed by atoms with Gasteiger partial charge in [0.25, 0.3) is 0 Å². The Hall–Kier alpha value is -4.63. The van der Waals surface area contributed by atoms with E-state index >= 15 is 0 Å². The maximum absolute atomic E-state index is 13.7. The van der Waals surface area contributed by atoms with Crippen molar-refractivity contribution in [3.05, 3.63) is 129 Å². The number of nitrogens with one attached hydrogen (secondary N) is 1. The monoisotopic (exact) mass is 1050 g/mol. The van der Waals surface area contributed by atoms with Crippen molar-refractivity contribution < 1.29 is 53.4 Å². The van der Waals surface area contributed by atoms with E-state index in [1.165, 1.54) is 49.4 Å². The lowest BCUT2D eigenvalue weighted by Crippen LogP contribution is -2.43. The van der Waals surface area contributed by atoms with Gasteiger partial charge >= 0.3 is 17.9 Å². The highest BCUT2D eigenvalue weighted by atomic mass is 127. The van der Waals surface area contributed by atoms with E-state index in [0.29, 0.717) is 26.2 Å². The maximum atomic E-state index is 13.7. The molecular formula is C38H24I3NO11. The summed E-state index contributed by atoms with van der Waals surface area (Å²) in [5.41, 5.74) is -0.306. The van der Waals surface area contributed by atoms with Gasteiger partial charge in [-0.25, -0.2) is 14.4 Å². The topological polar surface area (TPSA) is 178 Å². The van der Waals surface area contributed by atoms with Gasteiger partial charge in [-0.05, 0) is 134 Å². The normalized spacial score (nSPS) is 15.7. The first-order valence-corrected chi connectivity index (χ1v) is 18.9. The number of rotatable bonds is 8. The van der Waals surface area contributed by atoms with Gasteiger partial charge in [0.15, 0.2) is 11.4 Å². The molecule has 2 aliphatic heterocycles. The SMILES string of the molecule is CC(=O)N[C@@H](Cc1cc(I)c(Oc2ccc(O)c(I)c2)c(I)c1)C(=O)Oc1ccc2c(c1)Oc1cc(O)ccc1C21OC(=O)c2c(C(=O)O)cccc21. The molecule has 12 nitrogen and oxygen atoms in total. The van der Waals surface area contributed by atoms with Crippen LogP contribution in [0.4, 0.5) is 0 Å². The second kappa shape index (κ2) is 14.3. The molecule has 1 spiro atoms. The number of benzene rings is 5. The summed E-state index contributed by atoms with van der Waals surface area (Å²) < 4.78 is 26.2. The number of fused-ring (bicyclic) bond motifs is 6. The van der Waals surface area contributed by atoms with Crippen LogP contribution in [0, 0.1) is 10.7 Å². The number of aromatic carboxylic acids is 1. The van der Waals surface area contributed by atoms with Crippen LogP contribution in [0.1, 0.15) is 49.9 Å². The van der Waals surface area contributed by atoms with Crippen LogP contribution in [-0.4, -0.2) is 45.2 Å². The quantitative estimate of drug-likeness (QED) is 0.0683. The number of phenolic OH excluding ortho intramolecular Hbond substituents is 2. The van der Waals surface area contributed by atoms with Crippen molar-refractivity contribution in [1.29, 1.82) is 0 Å². The number of halogens is 3. The van der Waals surface area contributed by atoms with Crippen molar-refractivity contribution in [2.45, 2.75) is 25.0 Å². The first-order chi connectivity index (χ1) is 25.2. The third-order valence-electron chi connectivity index (χ3n) is 8.54. The Balaban J connectivity index is 1.19. The smallest absolute Gasteiger partial charge is 0.341 e.